The van der Waals surface area contributed by atoms with Crippen LogP contribution in [0.1, 0.15) is 47.8 Å². The predicted octanol–water partition coefficient (Wildman–Crippen LogP) is 4.15. The molecule has 0 aliphatic rings. The summed E-state index contributed by atoms with van der Waals surface area (Å²) in [4.78, 5) is 23.3. The molecule has 1 N–H and O–H groups in total. The number of hydrogen-bond acceptors (Lipinski definition) is 7. The van der Waals surface area contributed by atoms with Gasteiger partial charge in [0.05, 0.1) is 17.9 Å². The van der Waals surface area contributed by atoms with E-state index >= 15 is 0 Å². The molecule has 0 fully saturated rings. The highest BCUT2D eigenvalue weighted by molar-refractivity contribution is 7.99. The molecule has 38 heavy (non-hydrogen) atoms. The Hall–Kier alpha value is -4.24. The van der Waals surface area contributed by atoms with E-state index < -0.39 is 5.97 Å². The standard InChI is InChI=1S/C29H29N5O3S/c1-19-5-15-24(16-6-19)34-26(21-11-13-23(14-12-21)29(2,3)4)32-33-28(34)38-18-25(35)31-30-17-20-7-9-22(10-8-20)27(36)37/h5-17H,18H2,1-4H3,(H,31,35)(H,36,37)/p-1/b30-17+. The van der Waals surface area contributed by atoms with Crippen molar-refractivity contribution in [2.24, 2.45) is 5.10 Å². The van der Waals surface area contributed by atoms with Crippen LogP contribution in [0.2, 0.25) is 0 Å². The summed E-state index contributed by atoms with van der Waals surface area (Å²) in [5.74, 6) is -0.793. The van der Waals surface area contributed by atoms with Gasteiger partial charge in [-0.1, -0.05) is 98.8 Å². The van der Waals surface area contributed by atoms with E-state index in [-0.39, 0.29) is 22.6 Å². The maximum atomic E-state index is 12.5. The molecule has 4 rings (SSSR count). The Labute approximate surface area is 225 Å². The number of nitrogens with zero attached hydrogens (tertiary/aromatic N) is 4. The summed E-state index contributed by atoms with van der Waals surface area (Å²) in [7, 11) is 0. The number of thioether (sulfide) groups is 1. The molecule has 194 valence electrons. The van der Waals surface area contributed by atoms with Gasteiger partial charge < -0.3 is 9.90 Å². The number of benzene rings is 3. The van der Waals surface area contributed by atoms with Crippen molar-refractivity contribution in [2.45, 2.75) is 38.3 Å². The van der Waals surface area contributed by atoms with E-state index in [0.717, 1.165) is 16.8 Å². The van der Waals surface area contributed by atoms with Gasteiger partial charge in [0.2, 0.25) is 0 Å². The lowest BCUT2D eigenvalue weighted by Crippen LogP contribution is -2.22. The van der Waals surface area contributed by atoms with Crippen LogP contribution in [0, 0.1) is 6.92 Å². The van der Waals surface area contributed by atoms with Crippen LogP contribution in [0.4, 0.5) is 0 Å². The molecule has 0 saturated carbocycles. The Balaban J connectivity index is 1.50. The van der Waals surface area contributed by atoms with Crippen molar-refractivity contribution in [3.8, 4) is 17.1 Å². The number of amides is 1. The number of carboxylic acid groups (broad SMARTS) is 1. The first-order valence-corrected chi connectivity index (χ1v) is 13.0. The minimum atomic E-state index is -1.25. The molecular formula is C29H28N5O3S-. The normalized spacial score (nSPS) is 11.6. The zero-order chi connectivity index (χ0) is 27.3. The lowest BCUT2D eigenvalue weighted by Gasteiger charge is -2.19. The number of carbonyl (C=O) groups is 2. The average molecular weight is 527 g/mol. The molecule has 0 unspecified atom stereocenters. The van der Waals surface area contributed by atoms with Crippen molar-refractivity contribution in [1.29, 1.82) is 0 Å². The topological polar surface area (TPSA) is 112 Å². The summed E-state index contributed by atoms with van der Waals surface area (Å²) < 4.78 is 1.95. The minimum Gasteiger partial charge on any atom is -0.545 e. The fraction of sp³-hybridized carbons (Fsp3) is 0.207. The SMILES string of the molecule is Cc1ccc(-n2c(SCC(=O)N/N=C/c3ccc(C(=O)[O-])cc3)nnc2-c2ccc(C(C)(C)C)cc2)cc1. The molecule has 8 nitrogen and oxygen atoms in total. The number of rotatable bonds is 8. The van der Waals surface area contributed by atoms with Crippen molar-refractivity contribution < 1.29 is 14.7 Å². The number of carbonyl (C=O) groups excluding carboxylic acids is 2. The van der Waals surface area contributed by atoms with E-state index in [9.17, 15) is 14.7 Å². The maximum Gasteiger partial charge on any atom is 0.250 e. The van der Waals surface area contributed by atoms with Crippen LogP contribution in [0.15, 0.2) is 83.1 Å². The Kier molecular flexibility index (Phi) is 8.07. The molecule has 0 aliphatic heterocycles. The molecule has 0 radical (unpaired) electrons. The molecule has 1 aromatic heterocycles. The quantitative estimate of drug-likeness (QED) is 0.210. The molecule has 4 aromatic rings. The maximum absolute atomic E-state index is 12.5. The second-order valence-electron chi connectivity index (χ2n) is 9.80. The Morgan fingerprint density at radius 2 is 1.63 bits per heavy atom. The third-order valence-electron chi connectivity index (χ3n) is 5.82. The third-order valence-corrected chi connectivity index (χ3v) is 6.75. The molecule has 1 amide bonds. The van der Waals surface area contributed by atoms with Crippen LogP contribution in [0.3, 0.4) is 0 Å². The van der Waals surface area contributed by atoms with E-state index in [2.05, 4.69) is 53.6 Å². The van der Waals surface area contributed by atoms with Crippen LogP contribution in [0.5, 0.6) is 0 Å². The van der Waals surface area contributed by atoms with Crippen molar-refractivity contribution in [3.63, 3.8) is 0 Å². The van der Waals surface area contributed by atoms with Gasteiger partial charge in [-0.05, 0) is 41.2 Å². The van der Waals surface area contributed by atoms with Gasteiger partial charge in [0.15, 0.2) is 11.0 Å². The molecule has 9 heteroatoms. The first-order chi connectivity index (χ1) is 18.1. The number of carboxylic acids is 1. The number of aromatic nitrogens is 3. The van der Waals surface area contributed by atoms with E-state index in [0.29, 0.717) is 16.5 Å². The zero-order valence-corrected chi connectivity index (χ0v) is 22.5. The van der Waals surface area contributed by atoms with Crippen molar-refractivity contribution >= 4 is 29.9 Å². The number of aryl methyl sites for hydroxylation is 1. The highest BCUT2D eigenvalue weighted by atomic mass is 32.2. The summed E-state index contributed by atoms with van der Waals surface area (Å²) in [5.41, 5.74) is 7.44. The lowest BCUT2D eigenvalue weighted by atomic mass is 9.87. The summed E-state index contributed by atoms with van der Waals surface area (Å²) in [6.45, 7) is 8.55. The summed E-state index contributed by atoms with van der Waals surface area (Å²) >= 11 is 1.26. The molecule has 0 aliphatic carbocycles. The van der Waals surface area contributed by atoms with Gasteiger partial charge in [-0.2, -0.15) is 5.10 Å². The number of hydrogen-bond donors (Lipinski definition) is 1. The smallest absolute Gasteiger partial charge is 0.250 e. The molecule has 0 saturated heterocycles. The first-order valence-electron chi connectivity index (χ1n) is 12.0. The van der Waals surface area contributed by atoms with E-state index in [1.807, 2.05) is 47.9 Å². The van der Waals surface area contributed by atoms with Crippen LogP contribution in [-0.2, 0) is 10.2 Å². The molecule has 3 aromatic carbocycles. The summed E-state index contributed by atoms with van der Waals surface area (Å²) in [5, 5.41) is 24.2. The highest BCUT2D eigenvalue weighted by Crippen LogP contribution is 2.30. The van der Waals surface area contributed by atoms with Gasteiger partial charge >= 0.3 is 0 Å². The number of hydrazone groups is 1. The first kappa shape index (κ1) is 26.8. The second-order valence-corrected chi connectivity index (χ2v) is 10.7. The molecule has 1 heterocycles. The van der Waals surface area contributed by atoms with Gasteiger partial charge in [-0.25, -0.2) is 5.43 Å². The lowest BCUT2D eigenvalue weighted by molar-refractivity contribution is -0.255. The van der Waals surface area contributed by atoms with Gasteiger partial charge in [-0.15, -0.1) is 10.2 Å². The van der Waals surface area contributed by atoms with Gasteiger partial charge in [0, 0.05) is 11.3 Å². The Morgan fingerprint density at radius 1 is 0.974 bits per heavy atom. The van der Waals surface area contributed by atoms with Crippen LogP contribution < -0.4 is 10.5 Å². The molecular weight excluding hydrogens is 498 g/mol. The van der Waals surface area contributed by atoms with Crippen molar-refractivity contribution in [2.75, 3.05) is 5.75 Å². The van der Waals surface area contributed by atoms with Gasteiger partial charge in [0.25, 0.3) is 5.91 Å². The van der Waals surface area contributed by atoms with Crippen LogP contribution in [0.25, 0.3) is 17.1 Å². The summed E-state index contributed by atoms with van der Waals surface area (Å²) in [6, 6.07) is 22.4. The van der Waals surface area contributed by atoms with Gasteiger partial charge in [0.1, 0.15) is 0 Å². The zero-order valence-electron chi connectivity index (χ0n) is 21.6. The fourth-order valence-electron chi connectivity index (χ4n) is 3.64. The van der Waals surface area contributed by atoms with E-state index in [1.54, 1.807) is 12.1 Å². The van der Waals surface area contributed by atoms with Crippen LogP contribution >= 0.6 is 11.8 Å². The summed E-state index contributed by atoms with van der Waals surface area (Å²) in [6.07, 6.45) is 1.44. The highest BCUT2D eigenvalue weighted by Gasteiger charge is 2.19. The molecule has 0 atom stereocenters. The fourth-order valence-corrected chi connectivity index (χ4v) is 4.39. The van der Waals surface area contributed by atoms with E-state index in [1.165, 1.54) is 35.7 Å². The van der Waals surface area contributed by atoms with Gasteiger partial charge in [-0.3, -0.25) is 9.36 Å². The third kappa shape index (κ3) is 6.54. The monoisotopic (exact) mass is 526 g/mol. The predicted molar refractivity (Wildman–Crippen MR) is 147 cm³/mol. The van der Waals surface area contributed by atoms with E-state index in [4.69, 9.17) is 0 Å². The molecule has 0 bridgehead atoms. The van der Waals surface area contributed by atoms with Crippen molar-refractivity contribution in [1.82, 2.24) is 20.2 Å². The second kappa shape index (κ2) is 11.4. The largest absolute Gasteiger partial charge is 0.545 e. The average Bonchev–Trinajstić information content (AvgIpc) is 3.32. The number of nitrogens with one attached hydrogen (secondary N) is 1. The molecule has 0 spiro atoms. The Morgan fingerprint density at radius 3 is 2.24 bits per heavy atom. The number of aromatic carboxylic acids is 1. The van der Waals surface area contributed by atoms with Crippen molar-refractivity contribution in [3.05, 3.63) is 95.1 Å². The Bertz CT molecular complexity index is 1450. The van der Waals surface area contributed by atoms with Crippen LogP contribution in [-0.4, -0.2) is 38.6 Å². The minimum absolute atomic E-state index is 0.0411.